The Bertz CT molecular complexity index is 1090. The molecule has 1 amide bonds. The van der Waals surface area contributed by atoms with E-state index in [1.807, 2.05) is 0 Å². The monoisotopic (exact) mass is 496 g/mol. The Hall–Kier alpha value is -2.62. The number of nitrogens with zero attached hydrogens (tertiary/aromatic N) is 2. The topological polar surface area (TPSA) is 59.1 Å². The van der Waals surface area contributed by atoms with Crippen molar-refractivity contribution in [3.63, 3.8) is 0 Å². The maximum atomic E-state index is 14.0. The highest BCUT2D eigenvalue weighted by atomic mass is 35.5. The van der Waals surface area contributed by atoms with Gasteiger partial charge in [-0.15, -0.1) is 13.2 Å². The molecule has 10 heteroatoms. The number of ketones is 1. The van der Waals surface area contributed by atoms with E-state index in [2.05, 4.69) is 4.74 Å². The lowest BCUT2D eigenvalue weighted by Crippen LogP contribution is -2.56. The molecular formula is C24H24ClF3N2O4. The molecule has 2 aromatic carbocycles. The molecule has 2 heterocycles. The van der Waals surface area contributed by atoms with Gasteiger partial charge in [0.1, 0.15) is 17.2 Å². The summed E-state index contributed by atoms with van der Waals surface area (Å²) in [6.07, 6.45) is -4.17. The van der Waals surface area contributed by atoms with Crippen molar-refractivity contribution >= 4 is 29.0 Å². The lowest BCUT2D eigenvalue weighted by atomic mass is 9.78. The summed E-state index contributed by atoms with van der Waals surface area (Å²) in [5.41, 5.74) is 1.29. The molecule has 2 saturated heterocycles. The van der Waals surface area contributed by atoms with Gasteiger partial charge in [0.15, 0.2) is 5.78 Å². The van der Waals surface area contributed by atoms with E-state index in [0.717, 1.165) is 23.3 Å². The third-order valence-corrected chi connectivity index (χ3v) is 6.82. The van der Waals surface area contributed by atoms with Crippen molar-refractivity contribution in [2.24, 2.45) is 0 Å². The van der Waals surface area contributed by atoms with Crippen LogP contribution < -0.4 is 9.64 Å². The highest BCUT2D eigenvalue weighted by molar-refractivity contribution is 6.31. The first kappa shape index (κ1) is 24.5. The van der Waals surface area contributed by atoms with Gasteiger partial charge in [0, 0.05) is 23.8 Å². The Kier molecular flexibility index (Phi) is 6.39. The normalized spacial score (nSPS) is 20.9. The molecule has 6 nitrogen and oxygen atoms in total. The molecule has 182 valence electrons. The second-order valence-electron chi connectivity index (χ2n) is 8.61. The van der Waals surface area contributed by atoms with Crippen LogP contribution in [0, 0.1) is 13.8 Å². The van der Waals surface area contributed by atoms with Gasteiger partial charge >= 0.3 is 6.36 Å². The van der Waals surface area contributed by atoms with Gasteiger partial charge in [-0.05, 0) is 79.8 Å². The van der Waals surface area contributed by atoms with Crippen LogP contribution in [0.5, 0.6) is 5.75 Å². The summed E-state index contributed by atoms with van der Waals surface area (Å²) in [6.45, 7) is 4.46. The molecule has 4 rings (SSSR count). The molecule has 1 atom stereocenters. The standard InChI is InChI=1S/C24H24ClF3N2O4/c1-14-12-16(25)13-15(2)19(14)20-21(31)23(8-10-29(33-3)11-9-23)30(22(20)32)17-4-6-18(7-5-17)34-24(26,27)28/h4-7,12-13,20H,8-11H2,1-3H3. The number of halogens is 4. The second kappa shape index (κ2) is 8.87. The summed E-state index contributed by atoms with van der Waals surface area (Å²) in [6, 6.07) is 8.48. The quantitative estimate of drug-likeness (QED) is 0.560. The van der Waals surface area contributed by atoms with Crippen molar-refractivity contribution in [3.05, 3.63) is 58.1 Å². The van der Waals surface area contributed by atoms with Crippen molar-refractivity contribution in [1.29, 1.82) is 0 Å². The number of piperidine rings is 1. The predicted octanol–water partition coefficient (Wildman–Crippen LogP) is 4.95. The minimum Gasteiger partial charge on any atom is -0.406 e. The zero-order valence-electron chi connectivity index (χ0n) is 18.9. The van der Waals surface area contributed by atoms with E-state index >= 15 is 0 Å². The lowest BCUT2D eigenvalue weighted by Gasteiger charge is -2.42. The second-order valence-corrected chi connectivity index (χ2v) is 9.05. The van der Waals surface area contributed by atoms with E-state index in [0.29, 0.717) is 42.2 Å². The molecule has 1 unspecified atom stereocenters. The van der Waals surface area contributed by atoms with Crippen molar-refractivity contribution in [2.45, 2.75) is 44.5 Å². The molecular weight excluding hydrogens is 473 g/mol. The highest BCUT2D eigenvalue weighted by Gasteiger charge is 2.60. The number of carbonyl (C=O) groups is 2. The van der Waals surface area contributed by atoms with Crippen LogP contribution in [0.2, 0.25) is 5.02 Å². The first-order valence-corrected chi connectivity index (χ1v) is 11.1. The van der Waals surface area contributed by atoms with Crippen molar-refractivity contribution in [1.82, 2.24) is 5.06 Å². The van der Waals surface area contributed by atoms with Crippen LogP contribution in [0.15, 0.2) is 36.4 Å². The van der Waals surface area contributed by atoms with Crippen molar-refractivity contribution in [2.75, 3.05) is 25.1 Å². The summed E-state index contributed by atoms with van der Waals surface area (Å²) in [4.78, 5) is 34.6. The number of alkyl halides is 3. The first-order chi connectivity index (χ1) is 16.0. The van der Waals surface area contributed by atoms with E-state index in [1.54, 1.807) is 38.2 Å². The van der Waals surface area contributed by atoms with E-state index in [-0.39, 0.29) is 5.78 Å². The average Bonchev–Trinajstić information content (AvgIpc) is 2.95. The fourth-order valence-corrected chi connectivity index (χ4v) is 5.47. The Morgan fingerprint density at radius 3 is 2.09 bits per heavy atom. The van der Waals surface area contributed by atoms with Gasteiger partial charge in [0.25, 0.3) is 0 Å². The minimum atomic E-state index is -4.83. The number of aryl methyl sites for hydroxylation is 2. The Morgan fingerprint density at radius 2 is 1.59 bits per heavy atom. The van der Waals surface area contributed by atoms with Gasteiger partial charge in [-0.25, -0.2) is 0 Å². The number of anilines is 1. The number of carbonyl (C=O) groups excluding carboxylic acids is 2. The molecule has 0 N–H and O–H groups in total. The van der Waals surface area contributed by atoms with Crippen LogP contribution in [0.1, 0.15) is 35.4 Å². The summed E-state index contributed by atoms with van der Waals surface area (Å²) >= 11 is 6.17. The van der Waals surface area contributed by atoms with E-state index in [1.165, 1.54) is 17.0 Å². The fraction of sp³-hybridized carbons (Fsp3) is 0.417. The number of hydrogen-bond acceptors (Lipinski definition) is 5. The largest absolute Gasteiger partial charge is 0.573 e. The maximum Gasteiger partial charge on any atom is 0.573 e. The number of ether oxygens (including phenoxy) is 1. The lowest BCUT2D eigenvalue weighted by molar-refractivity contribution is -0.274. The van der Waals surface area contributed by atoms with Crippen LogP contribution in [-0.2, 0) is 14.4 Å². The first-order valence-electron chi connectivity index (χ1n) is 10.8. The minimum absolute atomic E-state index is 0.225. The summed E-state index contributed by atoms with van der Waals surface area (Å²) < 4.78 is 41.8. The highest BCUT2D eigenvalue weighted by Crippen LogP contribution is 2.47. The van der Waals surface area contributed by atoms with Crippen molar-refractivity contribution < 1.29 is 32.3 Å². The van der Waals surface area contributed by atoms with Gasteiger partial charge in [0.2, 0.25) is 5.91 Å². The molecule has 1 spiro atoms. The van der Waals surface area contributed by atoms with Crippen LogP contribution in [-0.4, -0.2) is 48.9 Å². The van der Waals surface area contributed by atoms with Crippen LogP contribution in [0.4, 0.5) is 18.9 Å². The fourth-order valence-electron chi connectivity index (χ4n) is 5.14. The van der Waals surface area contributed by atoms with E-state index < -0.39 is 29.5 Å². The molecule has 34 heavy (non-hydrogen) atoms. The molecule has 0 aliphatic carbocycles. The number of benzene rings is 2. The number of rotatable bonds is 4. The van der Waals surface area contributed by atoms with Gasteiger partial charge in [0.05, 0.1) is 7.11 Å². The smallest absolute Gasteiger partial charge is 0.406 e. The van der Waals surface area contributed by atoms with E-state index in [9.17, 15) is 22.8 Å². The average molecular weight is 497 g/mol. The molecule has 2 aliphatic rings. The predicted molar refractivity (Wildman–Crippen MR) is 120 cm³/mol. The number of amides is 1. The van der Waals surface area contributed by atoms with Gasteiger partial charge < -0.3 is 9.57 Å². The summed E-state index contributed by atoms with van der Waals surface area (Å²) in [5, 5.41) is 2.23. The van der Waals surface area contributed by atoms with E-state index in [4.69, 9.17) is 16.4 Å². The molecule has 2 aromatic rings. The Morgan fingerprint density at radius 1 is 1.03 bits per heavy atom. The summed E-state index contributed by atoms with van der Waals surface area (Å²) in [7, 11) is 1.54. The Labute approximate surface area is 200 Å². The van der Waals surface area contributed by atoms with Crippen molar-refractivity contribution in [3.8, 4) is 5.75 Å². The number of Topliss-reactive ketones (excluding diaryl/α,β-unsaturated/α-hetero) is 1. The summed E-state index contributed by atoms with van der Waals surface area (Å²) in [5.74, 6) is -2.07. The molecule has 2 aliphatic heterocycles. The SMILES string of the molecule is CON1CCC2(CC1)C(=O)C(c1c(C)cc(Cl)cc1C)C(=O)N2c1ccc(OC(F)(F)F)cc1. The molecule has 0 aromatic heterocycles. The third kappa shape index (κ3) is 4.28. The molecule has 0 radical (unpaired) electrons. The molecule has 0 saturated carbocycles. The zero-order valence-corrected chi connectivity index (χ0v) is 19.7. The van der Waals surface area contributed by atoms with Crippen LogP contribution >= 0.6 is 11.6 Å². The van der Waals surface area contributed by atoms with Crippen LogP contribution in [0.3, 0.4) is 0 Å². The number of hydroxylamine groups is 2. The van der Waals surface area contributed by atoms with Gasteiger partial charge in [-0.3, -0.25) is 14.5 Å². The molecule has 0 bridgehead atoms. The van der Waals surface area contributed by atoms with Gasteiger partial charge in [-0.2, -0.15) is 5.06 Å². The maximum absolute atomic E-state index is 14.0. The Balaban J connectivity index is 1.79. The van der Waals surface area contributed by atoms with Crippen LogP contribution in [0.25, 0.3) is 0 Å². The molecule has 2 fully saturated rings. The van der Waals surface area contributed by atoms with Gasteiger partial charge in [-0.1, -0.05) is 11.6 Å². The number of hydrogen-bond donors (Lipinski definition) is 0. The zero-order chi connectivity index (χ0) is 24.8. The third-order valence-electron chi connectivity index (χ3n) is 6.60.